The van der Waals surface area contributed by atoms with Crippen molar-refractivity contribution in [2.75, 3.05) is 13.6 Å². The zero-order valence-electron chi connectivity index (χ0n) is 15.3. The fraction of sp³-hybridized carbons (Fsp3) is 0.238. The first-order valence-electron chi connectivity index (χ1n) is 8.91. The van der Waals surface area contributed by atoms with E-state index in [0.717, 1.165) is 17.7 Å². The van der Waals surface area contributed by atoms with Crippen LogP contribution in [0.4, 0.5) is 4.39 Å². The lowest BCUT2D eigenvalue weighted by molar-refractivity contribution is 0.0724. The molecule has 4 rings (SSSR count). The lowest BCUT2D eigenvalue weighted by Crippen LogP contribution is -2.36. The molecular formula is C21H19FN2O4. The third-order valence-electron chi connectivity index (χ3n) is 4.48. The summed E-state index contributed by atoms with van der Waals surface area (Å²) in [6, 6.07) is 13.5. The van der Waals surface area contributed by atoms with Crippen LogP contribution in [0.15, 0.2) is 59.2 Å². The Bertz CT molecular complexity index is 946. The summed E-state index contributed by atoms with van der Waals surface area (Å²) < 4.78 is 29.6. The predicted molar refractivity (Wildman–Crippen MR) is 98.8 cm³/mol. The van der Waals surface area contributed by atoms with Crippen LogP contribution < -0.4 is 9.47 Å². The van der Waals surface area contributed by atoms with Crippen molar-refractivity contribution in [1.82, 2.24) is 9.88 Å². The number of halogens is 1. The van der Waals surface area contributed by atoms with E-state index in [-0.39, 0.29) is 36.0 Å². The summed E-state index contributed by atoms with van der Waals surface area (Å²) in [5.74, 6) is 1.04. The zero-order valence-corrected chi connectivity index (χ0v) is 15.3. The van der Waals surface area contributed by atoms with Crippen molar-refractivity contribution < 1.29 is 23.1 Å². The van der Waals surface area contributed by atoms with E-state index < -0.39 is 0 Å². The Morgan fingerprint density at radius 3 is 2.82 bits per heavy atom. The molecule has 1 aliphatic rings. The van der Waals surface area contributed by atoms with E-state index in [1.807, 2.05) is 24.3 Å². The highest BCUT2D eigenvalue weighted by molar-refractivity contribution is 5.91. The van der Waals surface area contributed by atoms with Gasteiger partial charge in [0.05, 0.1) is 6.54 Å². The molecule has 144 valence electrons. The summed E-state index contributed by atoms with van der Waals surface area (Å²) in [6.45, 7) is 0.492. The van der Waals surface area contributed by atoms with E-state index in [1.165, 1.54) is 30.5 Å². The van der Waals surface area contributed by atoms with Crippen LogP contribution in [0.2, 0.25) is 0 Å². The van der Waals surface area contributed by atoms with Crippen LogP contribution in [0.3, 0.4) is 0 Å². The predicted octanol–water partition coefficient (Wildman–Crippen LogP) is 3.47. The first-order valence-corrected chi connectivity index (χ1v) is 8.91. The monoisotopic (exact) mass is 382 g/mol. The number of hydrogen-bond acceptors (Lipinski definition) is 5. The summed E-state index contributed by atoms with van der Waals surface area (Å²) in [5.41, 5.74) is 1.35. The van der Waals surface area contributed by atoms with Gasteiger partial charge in [-0.2, -0.15) is 0 Å². The molecule has 3 aromatic rings. The third-order valence-corrected chi connectivity index (χ3v) is 4.48. The molecule has 0 saturated heterocycles. The number of carbonyl (C=O) groups excluding carboxylic acids is 1. The number of ether oxygens (including phenoxy) is 2. The van der Waals surface area contributed by atoms with Gasteiger partial charge in [0, 0.05) is 13.5 Å². The van der Waals surface area contributed by atoms with Gasteiger partial charge < -0.3 is 18.8 Å². The second kappa shape index (κ2) is 7.72. The van der Waals surface area contributed by atoms with Gasteiger partial charge in [-0.25, -0.2) is 9.37 Å². The Kier molecular flexibility index (Phi) is 4.97. The molecular weight excluding hydrogens is 363 g/mol. The molecule has 28 heavy (non-hydrogen) atoms. The number of likely N-dealkylation sites (N-methyl/N-ethyl adjacent to an activating group) is 1. The number of amides is 1. The minimum absolute atomic E-state index is 0.0453. The second-order valence-corrected chi connectivity index (χ2v) is 6.61. The molecule has 1 aliphatic heterocycles. The Balaban J connectivity index is 1.32. The highest BCUT2D eigenvalue weighted by Gasteiger charge is 2.26. The highest BCUT2D eigenvalue weighted by Crippen LogP contribution is 2.28. The van der Waals surface area contributed by atoms with Crippen molar-refractivity contribution in [3.05, 3.63) is 77.8 Å². The van der Waals surface area contributed by atoms with Crippen LogP contribution in [0.25, 0.3) is 0 Å². The Hall–Kier alpha value is -3.35. The third kappa shape index (κ3) is 3.98. The van der Waals surface area contributed by atoms with E-state index in [1.54, 1.807) is 11.9 Å². The number of hydrogen-bond donors (Lipinski definition) is 0. The van der Waals surface area contributed by atoms with E-state index in [4.69, 9.17) is 13.9 Å². The summed E-state index contributed by atoms with van der Waals surface area (Å²) in [6.07, 6.45) is 2.00. The van der Waals surface area contributed by atoms with Gasteiger partial charge in [-0.1, -0.05) is 18.2 Å². The fourth-order valence-corrected chi connectivity index (χ4v) is 3.09. The van der Waals surface area contributed by atoms with Crippen LogP contribution in [-0.4, -0.2) is 35.5 Å². The van der Waals surface area contributed by atoms with Crippen LogP contribution in [0, 0.1) is 5.82 Å². The molecule has 1 aromatic heterocycles. The summed E-state index contributed by atoms with van der Waals surface area (Å²) in [4.78, 5) is 18.3. The zero-order chi connectivity index (χ0) is 19.5. The number of aromatic nitrogens is 1. The average Bonchev–Trinajstić information content (AvgIpc) is 3.33. The minimum Gasteiger partial charge on any atom is -0.488 e. The van der Waals surface area contributed by atoms with Gasteiger partial charge in [-0.15, -0.1) is 0 Å². The largest absolute Gasteiger partial charge is 0.488 e. The number of rotatable bonds is 6. The maximum atomic E-state index is 12.9. The fourth-order valence-electron chi connectivity index (χ4n) is 3.09. The number of oxazole rings is 1. The van der Waals surface area contributed by atoms with Gasteiger partial charge >= 0.3 is 0 Å². The van der Waals surface area contributed by atoms with E-state index >= 15 is 0 Å². The lowest BCUT2D eigenvalue weighted by Gasteiger charge is -2.20. The molecule has 0 radical (unpaired) electrons. The Morgan fingerprint density at radius 2 is 2.04 bits per heavy atom. The number of para-hydroxylation sites is 1. The lowest BCUT2D eigenvalue weighted by atomic mass is 10.1. The van der Waals surface area contributed by atoms with Crippen molar-refractivity contribution in [2.45, 2.75) is 19.1 Å². The quantitative estimate of drug-likeness (QED) is 0.653. The van der Waals surface area contributed by atoms with Gasteiger partial charge in [0.1, 0.15) is 29.7 Å². The highest BCUT2D eigenvalue weighted by atomic mass is 19.1. The normalized spacial score (nSPS) is 15.0. The molecule has 0 bridgehead atoms. The maximum absolute atomic E-state index is 12.9. The van der Waals surface area contributed by atoms with Crippen LogP contribution in [0.5, 0.6) is 11.5 Å². The van der Waals surface area contributed by atoms with Gasteiger partial charge in [-0.05, 0) is 35.9 Å². The van der Waals surface area contributed by atoms with Crippen molar-refractivity contribution in [3.63, 3.8) is 0 Å². The van der Waals surface area contributed by atoms with Crippen molar-refractivity contribution in [1.29, 1.82) is 0 Å². The molecule has 1 amide bonds. The van der Waals surface area contributed by atoms with Crippen LogP contribution in [-0.2, 0) is 13.0 Å². The molecule has 1 atom stereocenters. The smallest absolute Gasteiger partial charge is 0.275 e. The van der Waals surface area contributed by atoms with Crippen LogP contribution >= 0.6 is 0 Å². The van der Waals surface area contributed by atoms with Crippen molar-refractivity contribution in [3.8, 4) is 11.5 Å². The average molecular weight is 382 g/mol. The first kappa shape index (κ1) is 18.0. The second-order valence-electron chi connectivity index (χ2n) is 6.61. The van der Waals surface area contributed by atoms with Crippen molar-refractivity contribution >= 4 is 5.91 Å². The molecule has 0 unspecified atom stereocenters. The molecule has 0 aliphatic carbocycles. The molecule has 2 aromatic carbocycles. The van der Waals surface area contributed by atoms with E-state index in [2.05, 4.69) is 4.98 Å². The molecule has 0 N–H and O–H groups in total. The van der Waals surface area contributed by atoms with E-state index in [0.29, 0.717) is 12.3 Å². The minimum atomic E-state index is -0.339. The first-order chi connectivity index (χ1) is 13.6. The van der Waals surface area contributed by atoms with Gasteiger partial charge in [0.2, 0.25) is 5.89 Å². The summed E-state index contributed by atoms with van der Waals surface area (Å²) >= 11 is 0. The topological polar surface area (TPSA) is 64.8 Å². The molecule has 6 nitrogen and oxygen atoms in total. The number of carbonyl (C=O) groups is 1. The molecule has 7 heteroatoms. The van der Waals surface area contributed by atoms with E-state index in [9.17, 15) is 9.18 Å². The standard InChI is InChI=1S/C21H19FN2O4/c1-24(11-17-10-14-4-2-3-5-19(14)28-17)21(25)18-12-27-20(23-18)13-26-16-8-6-15(22)7-9-16/h2-9,12,17H,10-11,13H2,1H3/t17-/m1/s1. The number of benzene rings is 2. The molecule has 0 fully saturated rings. The van der Waals surface area contributed by atoms with Crippen LogP contribution in [0.1, 0.15) is 21.9 Å². The molecule has 0 spiro atoms. The van der Waals surface area contributed by atoms with Gasteiger partial charge in [-0.3, -0.25) is 4.79 Å². The Labute approximate surface area is 161 Å². The SMILES string of the molecule is CN(C[C@H]1Cc2ccccc2O1)C(=O)c1coc(COc2ccc(F)cc2)n1. The van der Waals surface area contributed by atoms with Gasteiger partial charge in [0.15, 0.2) is 12.3 Å². The number of nitrogens with zero attached hydrogens (tertiary/aromatic N) is 2. The number of fused-ring (bicyclic) bond motifs is 1. The molecule has 2 heterocycles. The van der Waals surface area contributed by atoms with Crippen molar-refractivity contribution in [2.24, 2.45) is 0 Å². The summed E-state index contributed by atoms with van der Waals surface area (Å²) in [7, 11) is 1.71. The molecule has 0 saturated carbocycles. The maximum Gasteiger partial charge on any atom is 0.275 e. The van der Waals surface area contributed by atoms with Gasteiger partial charge in [0.25, 0.3) is 5.91 Å². The summed E-state index contributed by atoms with van der Waals surface area (Å²) in [5, 5.41) is 0. The Morgan fingerprint density at radius 1 is 1.25 bits per heavy atom.